The van der Waals surface area contributed by atoms with Gasteiger partial charge in [0.2, 0.25) is 0 Å². The Bertz CT molecular complexity index is 1940. The van der Waals surface area contributed by atoms with Crippen LogP contribution in [0.3, 0.4) is 0 Å². The number of carbonyl (C=O) groups excluding carboxylic acids is 1. The first-order valence-electron chi connectivity index (χ1n) is 13.5. The van der Waals surface area contributed by atoms with Gasteiger partial charge in [-0.05, 0) is 72.8 Å². The molecule has 0 radical (unpaired) electrons. The lowest BCUT2D eigenvalue weighted by Crippen LogP contribution is -2.37. The van der Waals surface area contributed by atoms with Gasteiger partial charge in [-0.3, -0.25) is 4.72 Å². The van der Waals surface area contributed by atoms with Crippen LogP contribution in [0.4, 0.5) is 36.5 Å². The minimum Gasteiger partial charge on any atom is -0.378 e. The van der Waals surface area contributed by atoms with Crippen LogP contribution < -0.4 is 20.3 Å². The maximum absolute atomic E-state index is 13.9. The fourth-order valence-corrected chi connectivity index (χ4v) is 5.65. The molecule has 0 aliphatic carbocycles. The molecule has 2 amide bonds. The highest BCUT2D eigenvalue weighted by atomic mass is 32.2. The second kappa shape index (κ2) is 12.2. The summed E-state index contributed by atoms with van der Waals surface area (Å²) in [4.78, 5) is 28.5. The minimum absolute atomic E-state index is 0.175. The molecule has 2 aromatic heterocycles. The number of benzene rings is 3. The molecule has 5 aromatic rings. The smallest absolute Gasteiger partial charge is 0.323 e. The predicted octanol–water partition coefficient (Wildman–Crippen LogP) is 5.25. The number of urea groups is 1. The van der Waals surface area contributed by atoms with E-state index in [4.69, 9.17) is 9.72 Å². The van der Waals surface area contributed by atoms with Gasteiger partial charge in [-0.25, -0.2) is 36.9 Å². The van der Waals surface area contributed by atoms with Crippen LogP contribution in [-0.2, 0) is 14.8 Å². The van der Waals surface area contributed by atoms with Crippen molar-refractivity contribution in [3.63, 3.8) is 0 Å². The van der Waals surface area contributed by atoms with Crippen molar-refractivity contribution >= 4 is 50.0 Å². The van der Waals surface area contributed by atoms with Gasteiger partial charge in [0.05, 0.1) is 29.2 Å². The number of morpholine rings is 1. The number of hydrogen-bond acceptors (Lipinski definition) is 8. The molecule has 224 valence electrons. The number of anilines is 4. The molecule has 1 aliphatic rings. The Labute approximate surface area is 251 Å². The van der Waals surface area contributed by atoms with Crippen molar-refractivity contribution in [3.05, 3.63) is 96.7 Å². The Kier molecular flexibility index (Phi) is 8.00. The van der Waals surface area contributed by atoms with E-state index in [1.165, 1.54) is 24.3 Å². The number of sulfonamides is 1. The number of pyridine rings is 1. The monoisotopic (exact) mass is 617 g/mol. The number of aromatic nitrogens is 3. The summed E-state index contributed by atoms with van der Waals surface area (Å²) >= 11 is 0. The average Bonchev–Trinajstić information content (AvgIpc) is 3.03. The van der Waals surface area contributed by atoms with Crippen LogP contribution in [0.1, 0.15) is 0 Å². The second-order valence-electron chi connectivity index (χ2n) is 9.76. The van der Waals surface area contributed by atoms with Crippen LogP contribution in [0, 0.1) is 11.6 Å². The van der Waals surface area contributed by atoms with E-state index in [0.717, 1.165) is 28.9 Å². The zero-order valence-electron chi connectivity index (χ0n) is 23.0. The Morgan fingerprint density at radius 2 is 1.55 bits per heavy atom. The number of halogens is 2. The summed E-state index contributed by atoms with van der Waals surface area (Å²) < 4.78 is 59.8. The first-order valence-corrected chi connectivity index (χ1v) is 15.0. The van der Waals surface area contributed by atoms with Crippen LogP contribution in [0.15, 0.2) is 90.0 Å². The molecule has 1 aliphatic heterocycles. The average molecular weight is 618 g/mol. The van der Waals surface area contributed by atoms with Crippen molar-refractivity contribution in [1.29, 1.82) is 0 Å². The largest absolute Gasteiger partial charge is 0.378 e. The summed E-state index contributed by atoms with van der Waals surface area (Å²) in [6.45, 7) is 2.65. The molecule has 0 atom stereocenters. The van der Waals surface area contributed by atoms with Crippen molar-refractivity contribution in [2.45, 2.75) is 4.90 Å². The van der Waals surface area contributed by atoms with E-state index >= 15 is 0 Å². The summed E-state index contributed by atoms with van der Waals surface area (Å²) in [6, 6.07) is 18.0. The number of ether oxygens (including phenoxy) is 1. The van der Waals surface area contributed by atoms with Crippen LogP contribution in [0.2, 0.25) is 0 Å². The SMILES string of the molecule is O=C(Nc1ccc(-c2nc(N3CCOCC3)c3cccnc3n2)cc1)Nc1ccc(S(=O)(=O)Nc2ccc(F)cc2F)cc1. The van der Waals surface area contributed by atoms with Crippen molar-refractivity contribution in [3.8, 4) is 11.4 Å². The second-order valence-corrected chi connectivity index (χ2v) is 11.4. The van der Waals surface area contributed by atoms with E-state index in [2.05, 4.69) is 30.2 Å². The Morgan fingerprint density at radius 3 is 2.23 bits per heavy atom. The van der Waals surface area contributed by atoms with Crippen molar-refractivity contribution in [2.75, 3.05) is 46.6 Å². The zero-order chi connectivity index (χ0) is 30.7. The zero-order valence-corrected chi connectivity index (χ0v) is 23.8. The first kappa shape index (κ1) is 28.9. The first-order chi connectivity index (χ1) is 21.2. The van der Waals surface area contributed by atoms with E-state index in [9.17, 15) is 22.0 Å². The van der Waals surface area contributed by atoms with E-state index < -0.39 is 27.7 Å². The standard InChI is InChI=1S/C30H25F2N7O4S/c31-20-5-12-26(25(32)18-20)38-44(41,42)23-10-8-22(9-11-23)35-30(40)34-21-6-3-19(4-7-21)27-36-28-24(2-1-13-33-28)29(37-27)39-14-16-43-17-15-39/h1-13,18,38H,14-17H2,(H2,34,35,40). The van der Waals surface area contributed by atoms with Crippen LogP contribution >= 0.6 is 0 Å². The maximum atomic E-state index is 13.9. The van der Waals surface area contributed by atoms with E-state index in [1.807, 2.05) is 12.1 Å². The molecular weight excluding hydrogens is 592 g/mol. The van der Waals surface area contributed by atoms with Gasteiger partial charge >= 0.3 is 6.03 Å². The van der Waals surface area contributed by atoms with Crippen LogP contribution in [-0.4, -0.2) is 55.7 Å². The molecular formula is C30H25F2N7O4S. The quantitative estimate of drug-likeness (QED) is 0.225. The number of carbonyl (C=O) groups is 1. The maximum Gasteiger partial charge on any atom is 0.323 e. The molecule has 0 bridgehead atoms. The molecule has 0 saturated carbocycles. The van der Waals surface area contributed by atoms with E-state index in [-0.39, 0.29) is 10.6 Å². The summed E-state index contributed by atoms with van der Waals surface area (Å²) in [5.74, 6) is -0.582. The molecule has 14 heteroatoms. The summed E-state index contributed by atoms with van der Waals surface area (Å²) in [5.41, 5.74) is 1.75. The van der Waals surface area contributed by atoms with Gasteiger partial charge in [0.15, 0.2) is 11.5 Å². The number of rotatable bonds is 7. The molecule has 3 heterocycles. The number of nitrogens with one attached hydrogen (secondary N) is 3. The van der Waals surface area contributed by atoms with Crippen LogP contribution in [0.25, 0.3) is 22.4 Å². The lowest BCUT2D eigenvalue weighted by molar-refractivity contribution is 0.122. The van der Waals surface area contributed by atoms with Crippen molar-refractivity contribution < 1.29 is 26.7 Å². The summed E-state index contributed by atoms with van der Waals surface area (Å²) in [7, 11) is -4.15. The molecule has 3 aromatic carbocycles. The topological polar surface area (TPSA) is 138 Å². The lowest BCUT2D eigenvalue weighted by atomic mass is 10.2. The summed E-state index contributed by atoms with van der Waals surface area (Å²) in [6.07, 6.45) is 1.69. The molecule has 44 heavy (non-hydrogen) atoms. The third kappa shape index (κ3) is 6.40. The fraction of sp³-hybridized carbons (Fsp3) is 0.133. The van der Waals surface area contributed by atoms with Crippen molar-refractivity contribution in [2.24, 2.45) is 0 Å². The van der Waals surface area contributed by atoms with E-state index in [0.29, 0.717) is 55.2 Å². The number of nitrogens with zero attached hydrogens (tertiary/aromatic N) is 4. The summed E-state index contributed by atoms with van der Waals surface area (Å²) in [5, 5.41) is 6.21. The highest BCUT2D eigenvalue weighted by Crippen LogP contribution is 2.28. The number of amides is 2. The Morgan fingerprint density at radius 1 is 0.864 bits per heavy atom. The van der Waals surface area contributed by atoms with Gasteiger partial charge in [-0.2, -0.15) is 0 Å². The fourth-order valence-electron chi connectivity index (χ4n) is 4.58. The molecule has 11 nitrogen and oxygen atoms in total. The molecule has 3 N–H and O–H groups in total. The molecule has 0 unspecified atom stereocenters. The normalized spacial score (nSPS) is 13.5. The molecule has 1 saturated heterocycles. The lowest BCUT2D eigenvalue weighted by Gasteiger charge is -2.28. The van der Waals surface area contributed by atoms with Crippen LogP contribution in [0.5, 0.6) is 0 Å². The number of hydrogen-bond donors (Lipinski definition) is 3. The van der Waals surface area contributed by atoms with Gasteiger partial charge < -0.3 is 20.3 Å². The van der Waals surface area contributed by atoms with Gasteiger partial charge in [-0.15, -0.1) is 0 Å². The minimum atomic E-state index is -4.15. The van der Waals surface area contributed by atoms with Crippen molar-refractivity contribution in [1.82, 2.24) is 15.0 Å². The van der Waals surface area contributed by atoms with Gasteiger partial charge in [-0.1, -0.05) is 0 Å². The highest BCUT2D eigenvalue weighted by Gasteiger charge is 2.19. The third-order valence-electron chi connectivity index (χ3n) is 6.76. The highest BCUT2D eigenvalue weighted by molar-refractivity contribution is 7.92. The molecule has 0 spiro atoms. The molecule has 1 fully saturated rings. The predicted molar refractivity (Wildman–Crippen MR) is 162 cm³/mol. The third-order valence-corrected chi connectivity index (χ3v) is 8.14. The Hall–Kier alpha value is -5.21. The Balaban J connectivity index is 1.11. The van der Waals surface area contributed by atoms with Gasteiger partial charge in [0, 0.05) is 42.3 Å². The van der Waals surface area contributed by atoms with E-state index in [1.54, 1.807) is 30.5 Å². The van der Waals surface area contributed by atoms with Gasteiger partial charge in [0.25, 0.3) is 10.0 Å². The molecule has 6 rings (SSSR count). The number of fused-ring (bicyclic) bond motifs is 1. The van der Waals surface area contributed by atoms with Gasteiger partial charge in [0.1, 0.15) is 17.5 Å².